The second kappa shape index (κ2) is 4.10. The molecule has 1 aliphatic heterocycles. The van der Waals surface area contributed by atoms with Gasteiger partial charge >= 0.3 is 0 Å². The molecule has 1 heterocycles. The fourth-order valence-electron chi connectivity index (χ4n) is 2.41. The molecule has 84 valence electrons. The SMILES string of the molecule is CC1(C)C(C#N)CCN1c1ccccc1Br. The van der Waals surface area contributed by atoms with E-state index in [2.05, 4.69) is 46.8 Å². The largest absolute Gasteiger partial charge is 0.364 e. The molecule has 1 atom stereocenters. The van der Waals surface area contributed by atoms with Gasteiger partial charge in [-0.3, -0.25) is 0 Å². The molecule has 16 heavy (non-hydrogen) atoms. The highest BCUT2D eigenvalue weighted by Gasteiger charge is 2.41. The third kappa shape index (κ3) is 1.72. The van der Waals surface area contributed by atoms with Gasteiger partial charge in [-0.15, -0.1) is 0 Å². The average molecular weight is 279 g/mol. The fourth-order valence-corrected chi connectivity index (χ4v) is 2.91. The smallest absolute Gasteiger partial charge is 0.0706 e. The van der Waals surface area contributed by atoms with E-state index in [9.17, 15) is 0 Å². The molecule has 2 rings (SSSR count). The van der Waals surface area contributed by atoms with Crippen molar-refractivity contribution in [2.24, 2.45) is 5.92 Å². The van der Waals surface area contributed by atoms with Crippen LogP contribution in [0.1, 0.15) is 20.3 Å². The van der Waals surface area contributed by atoms with Crippen LogP contribution < -0.4 is 4.90 Å². The first kappa shape index (κ1) is 11.5. The minimum Gasteiger partial charge on any atom is -0.364 e. The minimum atomic E-state index is -0.0847. The first-order valence-electron chi connectivity index (χ1n) is 5.49. The maximum absolute atomic E-state index is 9.15. The molecule has 0 aliphatic carbocycles. The summed E-state index contributed by atoms with van der Waals surface area (Å²) in [5, 5.41) is 9.15. The van der Waals surface area contributed by atoms with Gasteiger partial charge in [-0.25, -0.2) is 0 Å². The maximum Gasteiger partial charge on any atom is 0.0706 e. The predicted molar refractivity (Wildman–Crippen MR) is 69.3 cm³/mol. The molecule has 0 spiro atoms. The van der Waals surface area contributed by atoms with Crippen LogP contribution in [0.3, 0.4) is 0 Å². The van der Waals surface area contributed by atoms with E-state index in [0.717, 1.165) is 17.4 Å². The zero-order valence-electron chi connectivity index (χ0n) is 9.57. The lowest BCUT2D eigenvalue weighted by Gasteiger charge is -2.36. The third-order valence-corrected chi connectivity index (χ3v) is 4.16. The van der Waals surface area contributed by atoms with E-state index in [0.29, 0.717) is 0 Å². The van der Waals surface area contributed by atoms with Gasteiger partial charge < -0.3 is 4.90 Å². The van der Waals surface area contributed by atoms with Crippen LogP contribution in [0.4, 0.5) is 5.69 Å². The lowest BCUT2D eigenvalue weighted by atomic mass is 9.89. The maximum atomic E-state index is 9.15. The average Bonchev–Trinajstić information content (AvgIpc) is 2.54. The Kier molecular flexibility index (Phi) is 2.94. The highest BCUT2D eigenvalue weighted by Crippen LogP contribution is 2.40. The quantitative estimate of drug-likeness (QED) is 0.785. The summed E-state index contributed by atoms with van der Waals surface area (Å²) in [4.78, 5) is 2.32. The van der Waals surface area contributed by atoms with Crippen LogP contribution in [-0.4, -0.2) is 12.1 Å². The second-order valence-corrected chi connectivity index (χ2v) is 5.58. The molecular weight excluding hydrogens is 264 g/mol. The second-order valence-electron chi connectivity index (χ2n) is 4.73. The van der Waals surface area contributed by atoms with Crippen molar-refractivity contribution in [2.75, 3.05) is 11.4 Å². The third-order valence-electron chi connectivity index (χ3n) is 3.49. The first-order valence-corrected chi connectivity index (χ1v) is 6.28. The number of benzene rings is 1. The summed E-state index contributed by atoms with van der Waals surface area (Å²) in [6.07, 6.45) is 0.949. The molecule has 0 saturated carbocycles. The monoisotopic (exact) mass is 278 g/mol. The summed E-state index contributed by atoms with van der Waals surface area (Å²) < 4.78 is 1.10. The summed E-state index contributed by atoms with van der Waals surface area (Å²) in [5.41, 5.74) is 1.10. The molecule has 0 aromatic heterocycles. The summed E-state index contributed by atoms with van der Waals surface area (Å²) in [6, 6.07) is 10.6. The van der Waals surface area contributed by atoms with Crippen molar-refractivity contribution in [2.45, 2.75) is 25.8 Å². The number of nitriles is 1. The zero-order chi connectivity index (χ0) is 11.8. The highest BCUT2D eigenvalue weighted by molar-refractivity contribution is 9.10. The topological polar surface area (TPSA) is 27.0 Å². The van der Waals surface area contributed by atoms with E-state index in [4.69, 9.17) is 5.26 Å². The van der Waals surface area contributed by atoms with Crippen LogP contribution in [0.25, 0.3) is 0 Å². The van der Waals surface area contributed by atoms with Gasteiger partial charge in [0.25, 0.3) is 0 Å². The summed E-state index contributed by atoms with van der Waals surface area (Å²) in [6.45, 7) is 5.24. The Morgan fingerprint density at radius 2 is 2.12 bits per heavy atom. The Hall–Kier alpha value is -1.01. The molecule has 1 aromatic carbocycles. The van der Waals surface area contributed by atoms with Crippen molar-refractivity contribution in [1.29, 1.82) is 5.26 Å². The van der Waals surface area contributed by atoms with Gasteiger partial charge in [0.2, 0.25) is 0 Å². The van der Waals surface area contributed by atoms with Crippen molar-refractivity contribution in [1.82, 2.24) is 0 Å². The lowest BCUT2D eigenvalue weighted by Crippen LogP contribution is -2.42. The first-order chi connectivity index (χ1) is 7.57. The molecule has 1 fully saturated rings. The van der Waals surface area contributed by atoms with E-state index < -0.39 is 0 Å². The molecule has 0 amide bonds. The van der Waals surface area contributed by atoms with Crippen molar-refractivity contribution in [3.05, 3.63) is 28.7 Å². The molecule has 0 radical (unpaired) electrons. The Morgan fingerprint density at radius 3 is 2.69 bits per heavy atom. The predicted octanol–water partition coefficient (Wildman–Crippen LogP) is 3.58. The van der Waals surface area contributed by atoms with Gasteiger partial charge in [0.1, 0.15) is 0 Å². The number of para-hydroxylation sites is 1. The van der Waals surface area contributed by atoms with Crippen molar-refractivity contribution >= 4 is 21.6 Å². The molecule has 1 saturated heterocycles. The number of hydrogen-bond acceptors (Lipinski definition) is 2. The van der Waals surface area contributed by atoms with Crippen LogP contribution in [0.2, 0.25) is 0 Å². The Morgan fingerprint density at radius 1 is 1.44 bits per heavy atom. The number of anilines is 1. The van der Waals surface area contributed by atoms with E-state index in [1.54, 1.807) is 0 Å². The van der Waals surface area contributed by atoms with Crippen molar-refractivity contribution in [3.63, 3.8) is 0 Å². The van der Waals surface area contributed by atoms with Gasteiger partial charge in [0.05, 0.1) is 23.2 Å². The molecule has 2 nitrogen and oxygen atoms in total. The van der Waals surface area contributed by atoms with Gasteiger partial charge in [-0.2, -0.15) is 5.26 Å². The van der Waals surface area contributed by atoms with Crippen LogP contribution >= 0.6 is 15.9 Å². The van der Waals surface area contributed by atoms with Crippen LogP contribution in [-0.2, 0) is 0 Å². The van der Waals surface area contributed by atoms with Crippen molar-refractivity contribution in [3.8, 4) is 6.07 Å². The van der Waals surface area contributed by atoms with E-state index in [1.807, 2.05) is 18.2 Å². The Balaban J connectivity index is 2.38. The molecule has 0 bridgehead atoms. The van der Waals surface area contributed by atoms with Gasteiger partial charge in [0.15, 0.2) is 0 Å². The summed E-state index contributed by atoms with van der Waals surface area (Å²) >= 11 is 3.58. The van der Waals surface area contributed by atoms with Crippen LogP contribution in [0, 0.1) is 17.2 Å². The molecule has 1 unspecified atom stereocenters. The van der Waals surface area contributed by atoms with E-state index in [-0.39, 0.29) is 11.5 Å². The molecule has 1 aromatic rings. The highest BCUT2D eigenvalue weighted by atomic mass is 79.9. The van der Waals surface area contributed by atoms with E-state index in [1.165, 1.54) is 5.69 Å². The summed E-state index contributed by atoms with van der Waals surface area (Å²) in [5.74, 6) is 0.111. The molecule has 0 N–H and O–H groups in total. The normalized spacial score (nSPS) is 23.1. The minimum absolute atomic E-state index is 0.0847. The van der Waals surface area contributed by atoms with Gasteiger partial charge in [-0.05, 0) is 48.3 Å². The number of rotatable bonds is 1. The zero-order valence-corrected chi connectivity index (χ0v) is 11.2. The van der Waals surface area contributed by atoms with Crippen LogP contribution in [0.5, 0.6) is 0 Å². The van der Waals surface area contributed by atoms with Gasteiger partial charge in [-0.1, -0.05) is 12.1 Å². The lowest BCUT2D eigenvalue weighted by molar-refractivity contribution is 0.438. The number of hydrogen-bond donors (Lipinski definition) is 0. The molecule has 1 aliphatic rings. The Labute approximate surface area is 105 Å². The fraction of sp³-hybridized carbons (Fsp3) is 0.462. The standard InChI is InChI=1S/C13H15BrN2/c1-13(2)10(9-15)7-8-16(13)12-6-4-3-5-11(12)14/h3-6,10H,7-8H2,1-2H3. The summed E-state index contributed by atoms with van der Waals surface area (Å²) in [7, 11) is 0. The van der Waals surface area contributed by atoms with Crippen molar-refractivity contribution < 1.29 is 0 Å². The molecule has 3 heteroatoms. The Bertz CT molecular complexity index is 434. The molecular formula is C13H15BrN2. The number of nitrogens with zero attached hydrogens (tertiary/aromatic N) is 2. The van der Waals surface area contributed by atoms with E-state index >= 15 is 0 Å². The van der Waals surface area contributed by atoms with Gasteiger partial charge in [0, 0.05) is 11.0 Å². The van der Waals surface area contributed by atoms with Crippen LogP contribution in [0.15, 0.2) is 28.7 Å². The number of halogens is 1.